The fraction of sp³-hybridized carbons (Fsp3) is 0.300. The number of nitrogens with zero attached hydrogens (tertiary/aromatic N) is 1. The molecule has 1 aromatic heterocycles. The third kappa shape index (κ3) is 1.57. The van der Waals surface area contributed by atoms with E-state index in [2.05, 4.69) is 0 Å². The lowest BCUT2D eigenvalue weighted by Crippen LogP contribution is -2.12. The summed E-state index contributed by atoms with van der Waals surface area (Å²) >= 11 is 1.21. The molecule has 4 heteroatoms. The molecule has 2 rings (SSSR count). The van der Waals surface area contributed by atoms with Gasteiger partial charge in [-0.1, -0.05) is 23.5 Å². The number of aromatic nitrogens is 1. The number of alkyl halides is 1. The largest absolute Gasteiger partial charge is 0.308 e. The van der Waals surface area contributed by atoms with Crippen LogP contribution in [0.2, 0.25) is 0 Å². The van der Waals surface area contributed by atoms with E-state index in [-0.39, 0.29) is 11.5 Å². The minimum atomic E-state index is -0.378. The van der Waals surface area contributed by atoms with Crippen molar-refractivity contribution in [3.63, 3.8) is 0 Å². The molecule has 0 saturated heterocycles. The van der Waals surface area contributed by atoms with Gasteiger partial charge in [0.2, 0.25) is 0 Å². The van der Waals surface area contributed by atoms with Crippen molar-refractivity contribution in [2.45, 2.75) is 13.0 Å². The first-order chi connectivity index (χ1) is 6.83. The van der Waals surface area contributed by atoms with Crippen LogP contribution in [-0.2, 0) is 6.54 Å². The number of aryl methyl sites for hydroxylation is 1. The summed E-state index contributed by atoms with van der Waals surface area (Å²) in [5.41, 5.74) is 0.913. The van der Waals surface area contributed by atoms with E-state index in [9.17, 15) is 9.18 Å². The first-order valence-corrected chi connectivity index (χ1v) is 5.29. The zero-order valence-corrected chi connectivity index (χ0v) is 8.39. The van der Waals surface area contributed by atoms with Gasteiger partial charge in [-0.3, -0.25) is 13.8 Å². The Bertz CT molecular complexity index is 488. The van der Waals surface area contributed by atoms with Crippen molar-refractivity contribution in [2.75, 3.05) is 6.67 Å². The van der Waals surface area contributed by atoms with Crippen LogP contribution in [-0.4, -0.2) is 11.2 Å². The minimum Gasteiger partial charge on any atom is -0.299 e. The quantitative estimate of drug-likeness (QED) is 0.764. The predicted octanol–water partition coefficient (Wildman–Crippen LogP) is 2.42. The molecular formula is C10H10FNOS. The van der Waals surface area contributed by atoms with Crippen LogP contribution in [0.4, 0.5) is 4.39 Å². The van der Waals surface area contributed by atoms with Crippen LogP contribution >= 0.6 is 11.3 Å². The average molecular weight is 211 g/mol. The lowest BCUT2D eigenvalue weighted by molar-refractivity contribution is 0.448. The smallest absolute Gasteiger partial charge is 0.299 e. The van der Waals surface area contributed by atoms with Crippen LogP contribution < -0.4 is 4.87 Å². The normalized spacial score (nSPS) is 10.9. The Kier molecular flexibility index (Phi) is 2.63. The first kappa shape index (κ1) is 9.40. The summed E-state index contributed by atoms with van der Waals surface area (Å²) in [5, 5.41) is 0. The fourth-order valence-electron chi connectivity index (χ4n) is 1.44. The van der Waals surface area contributed by atoms with Gasteiger partial charge in [-0.05, 0) is 18.6 Å². The highest BCUT2D eigenvalue weighted by atomic mass is 32.1. The van der Waals surface area contributed by atoms with Gasteiger partial charge in [-0.2, -0.15) is 0 Å². The highest BCUT2D eigenvalue weighted by Gasteiger charge is 2.05. The van der Waals surface area contributed by atoms with Crippen molar-refractivity contribution in [2.24, 2.45) is 0 Å². The van der Waals surface area contributed by atoms with Gasteiger partial charge >= 0.3 is 4.87 Å². The monoisotopic (exact) mass is 211 g/mol. The molecule has 1 aromatic carbocycles. The molecule has 0 radical (unpaired) electrons. The molecule has 0 bridgehead atoms. The van der Waals surface area contributed by atoms with Crippen molar-refractivity contribution in [3.8, 4) is 0 Å². The Morgan fingerprint density at radius 1 is 1.36 bits per heavy atom. The molecular weight excluding hydrogens is 201 g/mol. The highest BCUT2D eigenvalue weighted by Crippen LogP contribution is 2.16. The summed E-state index contributed by atoms with van der Waals surface area (Å²) in [6.45, 7) is 0.0932. The molecule has 14 heavy (non-hydrogen) atoms. The second-order valence-electron chi connectivity index (χ2n) is 3.03. The fourth-order valence-corrected chi connectivity index (χ4v) is 2.36. The summed E-state index contributed by atoms with van der Waals surface area (Å²) in [6.07, 6.45) is 0.403. The highest BCUT2D eigenvalue weighted by molar-refractivity contribution is 7.16. The van der Waals surface area contributed by atoms with Gasteiger partial charge in [0.15, 0.2) is 0 Å². The van der Waals surface area contributed by atoms with Crippen LogP contribution in [0.25, 0.3) is 10.2 Å². The first-order valence-electron chi connectivity index (χ1n) is 4.47. The molecule has 0 saturated carbocycles. The lowest BCUT2D eigenvalue weighted by atomic mass is 10.3. The minimum absolute atomic E-state index is 0.000324. The van der Waals surface area contributed by atoms with E-state index >= 15 is 0 Å². The van der Waals surface area contributed by atoms with E-state index in [1.54, 1.807) is 4.57 Å². The topological polar surface area (TPSA) is 22.0 Å². The van der Waals surface area contributed by atoms with Gasteiger partial charge in [-0.25, -0.2) is 0 Å². The number of benzene rings is 1. The van der Waals surface area contributed by atoms with E-state index in [4.69, 9.17) is 0 Å². The molecule has 0 unspecified atom stereocenters. The third-order valence-electron chi connectivity index (χ3n) is 2.09. The second-order valence-corrected chi connectivity index (χ2v) is 4.02. The number of rotatable bonds is 3. The van der Waals surface area contributed by atoms with Crippen LogP contribution in [0.3, 0.4) is 0 Å². The zero-order valence-electron chi connectivity index (χ0n) is 7.57. The van der Waals surface area contributed by atoms with Gasteiger partial charge in [-0.15, -0.1) is 0 Å². The number of para-hydroxylation sites is 1. The standard InChI is InChI=1S/C10H10FNOS/c11-6-3-7-12-8-4-1-2-5-9(8)14-10(12)13/h1-2,4-5H,3,6-7H2. The summed E-state index contributed by atoms with van der Waals surface area (Å²) in [6, 6.07) is 7.59. The summed E-state index contributed by atoms with van der Waals surface area (Å²) < 4.78 is 14.6. The van der Waals surface area contributed by atoms with E-state index < -0.39 is 0 Å². The van der Waals surface area contributed by atoms with Crippen molar-refractivity contribution >= 4 is 21.6 Å². The molecule has 0 aliphatic heterocycles. The lowest BCUT2D eigenvalue weighted by Gasteiger charge is -1.99. The van der Waals surface area contributed by atoms with Crippen molar-refractivity contribution < 1.29 is 4.39 Å². The van der Waals surface area contributed by atoms with Crippen LogP contribution in [0.5, 0.6) is 0 Å². The van der Waals surface area contributed by atoms with Crippen LogP contribution in [0.15, 0.2) is 29.1 Å². The van der Waals surface area contributed by atoms with Gasteiger partial charge in [0.05, 0.1) is 16.9 Å². The van der Waals surface area contributed by atoms with Crippen LogP contribution in [0, 0.1) is 0 Å². The molecule has 0 aliphatic carbocycles. The summed E-state index contributed by atoms with van der Waals surface area (Å²) in [7, 11) is 0. The van der Waals surface area contributed by atoms with E-state index in [0.29, 0.717) is 13.0 Å². The molecule has 2 nitrogen and oxygen atoms in total. The summed E-state index contributed by atoms with van der Waals surface area (Å²) in [5.74, 6) is 0. The van der Waals surface area contributed by atoms with Gasteiger partial charge in [0, 0.05) is 6.54 Å². The van der Waals surface area contributed by atoms with E-state index in [0.717, 1.165) is 10.2 Å². The third-order valence-corrected chi connectivity index (χ3v) is 3.05. The van der Waals surface area contributed by atoms with Crippen molar-refractivity contribution in [3.05, 3.63) is 33.9 Å². The molecule has 0 aliphatic rings. The zero-order chi connectivity index (χ0) is 9.97. The van der Waals surface area contributed by atoms with Gasteiger partial charge in [0.1, 0.15) is 0 Å². The summed E-state index contributed by atoms with van der Waals surface area (Å²) in [4.78, 5) is 11.5. The molecule has 2 aromatic rings. The van der Waals surface area contributed by atoms with Crippen LogP contribution in [0.1, 0.15) is 6.42 Å². The number of thiazole rings is 1. The van der Waals surface area contributed by atoms with Crippen molar-refractivity contribution in [1.82, 2.24) is 4.57 Å². The Labute approximate surface area is 84.6 Å². The molecule has 0 amide bonds. The van der Waals surface area contributed by atoms with E-state index in [1.165, 1.54) is 11.3 Å². The molecule has 1 heterocycles. The predicted molar refractivity (Wildman–Crippen MR) is 56.7 cm³/mol. The number of fused-ring (bicyclic) bond motifs is 1. The maximum absolute atomic E-state index is 12.0. The molecule has 0 N–H and O–H groups in total. The maximum atomic E-state index is 12.0. The number of hydrogen-bond donors (Lipinski definition) is 0. The number of hydrogen-bond acceptors (Lipinski definition) is 2. The molecule has 0 fully saturated rings. The Balaban J connectivity index is 2.51. The van der Waals surface area contributed by atoms with Crippen molar-refractivity contribution in [1.29, 1.82) is 0 Å². The van der Waals surface area contributed by atoms with Gasteiger partial charge < -0.3 is 0 Å². The average Bonchev–Trinajstić information content (AvgIpc) is 2.51. The molecule has 0 spiro atoms. The van der Waals surface area contributed by atoms with Gasteiger partial charge in [0.25, 0.3) is 0 Å². The molecule has 0 atom stereocenters. The molecule has 74 valence electrons. The Morgan fingerprint density at radius 3 is 2.93 bits per heavy atom. The maximum Gasteiger partial charge on any atom is 0.308 e. The Hall–Kier alpha value is -1.16. The number of halogens is 1. The SMILES string of the molecule is O=c1sc2ccccc2n1CCCF. The Morgan fingerprint density at radius 2 is 2.14 bits per heavy atom. The second kappa shape index (κ2) is 3.92. The van der Waals surface area contributed by atoms with E-state index in [1.807, 2.05) is 24.3 Å².